The van der Waals surface area contributed by atoms with E-state index < -0.39 is 12.0 Å². The summed E-state index contributed by atoms with van der Waals surface area (Å²) < 4.78 is 5.16. The normalized spacial score (nSPS) is 17.2. The van der Waals surface area contributed by atoms with E-state index in [1.165, 1.54) is 0 Å². The van der Waals surface area contributed by atoms with Crippen molar-refractivity contribution in [2.24, 2.45) is 0 Å². The number of aryl methyl sites for hydroxylation is 1. The molecule has 2 heterocycles. The van der Waals surface area contributed by atoms with Gasteiger partial charge in [0.25, 0.3) is 0 Å². The van der Waals surface area contributed by atoms with Gasteiger partial charge in [-0.15, -0.1) is 0 Å². The van der Waals surface area contributed by atoms with Crippen molar-refractivity contribution in [3.05, 3.63) is 41.5 Å². The standard InChI is InChI=1S/C14H15N3O3/c1-2-12-15-13(20-16-12)8-17-10-6-4-3-5-9(10)7-11(17)14(18)19/h3-6,11H,2,7-8H2,1H3,(H,18,19). The number of carboxylic acid groups (broad SMARTS) is 1. The summed E-state index contributed by atoms with van der Waals surface area (Å²) in [5, 5.41) is 13.2. The number of anilines is 1. The van der Waals surface area contributed by atoms with Gasteiger partial charge in [0.15, 0.2) is 5.82 Å². The van der Waals surface area contributed by atoms with Crippen molar-refractivity contribution in [3.8, 4) is 0 Å². The molecule has 20 heavy (non-hydrogen) atoms. The number of hydrogen-bond donors (Lipinski definition) is 1. The Morgan fingerprint density at radius 3 is 3.00 bits per heavy atom. The first-order chi connectivity index (χ1) is 9.69. The predicted octanol–water partition coefficient (Wildman–Crippen LogP) is 1.65. The van der Waals surface area contributed by atoms with Crippen LogP contribution in [0.2, 0.25) is 0 Å². The molecule has 104 valence electrons. The molecule has 0 spiro atoms. The van der Waals surface area contributed by atoms with Crippen LogP contribution in [-0.2, 0) is 24.2 Å². The zero-order valence-corrected chi connectivity index (χ0v) is 11.1. The SMILES string of the molecule is CCc1noc(CN2c3ccccc3CC2C(=O)O)n1. The van der Waals surface area contributed by atoms with E-state index in [4.69, 9.17) is 4.52 Å². The lowest BCUT2D eigenvalue weighted by Crippen LogP contribution is -2.38. The average molecular weight is 273 g/mol. The molecular formula is C14H15N3O3. The van der Waals surface area contributed by atoms with Gasteiger partial charge >= 0.3 is 5.97 Å². The van der Waals surface area contributed by atoms with Crippen LogP contribution in [-0.4, -0.2) is 27.3 Å². The molecule has 0 saturated heterocycles. The van der Waals surface area contributed by atoms with Crippen LogP contribution in [0, 0.1) is 0 Å². The molecule has 2 aromatic rings. The van der Waals surface area contributed by atoms with E-state index in [1.807, 2.05) is 36.1 Å². The fourth-order valence-electron chi connectivity index (χ4n) is 2.51. The number of carbonyl (C=O) groups is 1. The lowest BCUT2D eigenvalue weighted by Gasteiger charge is -2.22. The van der Waals surface area contributed by atoms with Crippen molar-refractivity contribution in [2.45, 2.75) is 32.4 Å². The van der Waals surface area contributed by atoms with Crippen LogP contribution < -0.4 is 4.90 Å². The van der Waals surface area contributed by atoms with Gasteiger partial charge in [0.1, 0.15) is 6.04 Å². The molecule has 0 bridgehead atoms. The van der Waals surface area contributed by atoms with Gasteiger partial charge in [0, 0.05) is 18.5 Å². The molecular weight excluding hydrogens is 258 g/mol. The first-order valence-electron chi connectivity index (χ1n) is 6.58. The maximum atomic E-state index is 11.4. The molecule has 0 aliphatic carbocycles. The van der Waals surface area contributed by atoms with Crippen molar-refractivity contribution in [1.29, 1.82) is 0 Å². The van der Waals surface area contributed by atoms with Gasteiger partial charge in [-0.3, -0.25) is 0 Å². The minimum absolute atomic E-state index is 0.320. The van der Waals surface area contributed by atoms with Gasteiger partial charge in [-0.05, 0) is 11.6 Å². The summed E-state index contributed by atoms with van der Waals surface area (Å²) in [5.41, 5.74) is 1.96. The molecule has 0 saturated carbocycles. The maximum Gasteiger partial charge on any atom is 0.326 e. The molecule has 1 aromatic carbocycles. The van der Waals surface area contributed by atoms with Crippen LogP contribution in [0.1, 0.15) is 24.2 Å². The highest BCUT2D eigenvalue weighted by Gasteiger charge is 2.35. The van der Waals surface area contributed by atoms with Gasteiger partial charge in [-0.1, -0.05) is 30.3 Å². The third kappa shape index (κ3) is 2.13. The predicted molar refractivity (Wildman–Crippen MR) is 71.4 cm³/mol. The first-order valence-corrected chi connectivity index (χ1v) is 6.58. The number of nitrogens with zero attached hydrogens (tertiary/aromatic N) is 3. The van der Waals surface area contributed by atoms with E-state index in [0.717, 1.165) is 11.3 Å². The van der Waals surface area contributed by atoms with Crippen LogP contribution in [0.5, 0.6) is 0 Å². The minimum atomic E-state index is -0.837. The van der Waals surface area contributed by atoms with Crippen molar-refractivity contribution in [2.75, 3.05) is 4.90 Å². The third-order valence-corrected chi connectivity index (χ3v) is 3.51. The maximum absolute atomic E-state index is 11.4. The molecule has 6 heteroatoms. The number of hydrogen-bond acceptors (Lipinski definition) is 5. The van der Waals surface area contributed by atoms with Crippen LogP contribution >= 0.6 is 0 Å². The van der Waals surface area contributed by atoms with Crippen LogP contribution in [0.3, 0.4) is 0 Å². The number of aliphatic carboxylic acids is 1. The molecule has 0 radical (unpaired) electrons. The number of fused-ring (bicyclic) bond motifs is 1. The van der Waals surface area contributed by atoms with Crippen molar-refractivity contribution in [3.63, 3.8) is 0 Å². The quantitative estimate of drug-likeness (QED) is 0.912. The van der Waals surface area contributed by atoms with Gasteiger partial charge < -0.3 is 14.5 Å². The zero-order chi connectivity index (χ0) is 14.1. The van der Waals surface area contributed by atoms with E-state index in [0.29, 0.717) is 31.1 Å². The van der Waals surface area contributed by atoms with Crippen molar-refractivity contribution < 1.29 is 14.4 Å². The summed E-state index contributed by atoms with van der Waals surface area (Å²) in [6.45, 7) is 2.26. The highest BCUT2D eigenvalue weighted by molar-refractivity contribution is 5.82. The fraction of sp³-hybridized carbons (Fsp3) is 0.357. The Balaban J connectivity index is 1.90. The third-order valence-electron chi connectivity index (χ3n) is 3.51. The molecule has 1 atom stereocenters. The Kier molecular flexibility index (Phi) is 3.14. The van der Waals surface area contributed by atoms with E-state index >= 15 is 0 Å². The lowest BCUT2D eigenvalue weighted by molar-refractivity contribution is -0.138. The molecule has 1 aliphatic heterocycles. The number of aromatic nitrogens is 2. The second kappa shape index (κ2) is 4.96. The van der Waals surface area contributed by atoms with E-state index in [9.17, 15) is 9.90 Å². The Bertz CT molecular complexity index is 638. The smallest absolute Gasteiger partial charge is 0.326 e. The Hall–Kier alpha value is -2.37. The molecule has 6 nitrogen and oxygen atoms in total. The largest absolute Gasteiger partial charge is 0.480 e. The van der Waals surface area contributed by atoms with E-state index in [1.54, 1.807) is 0 Å². The number of carboxylic acids is 1. The van der Waals surface area contributed by atoms with Crippen LogP contribution in [0.15, 0.2) is 28.8 Å². The first kappa shape index (κ1) is 12.7. The van der Waals surface area contributed by atoms with Crippen LogP contribution in [0.4, 0.5) is 5.69 Å². The van der Waals surface area contributed by atoms with Gasteiger partial charge in [0.05, 0.1) is 6.54 Å². The highest BCUT2D eigenvalue weighted by Crippen LogP contribution is 2.33. The number of rotatable bonds is 4. The van der Waals surface area contributed by atoms with Gasteiger partial charge in [-0.2, -0.15) is 4.98 Å². The molecule has 1 aromatic heterocycles. The number of benzene rings is 1. The summed E-state index contributed by atoms with van der Waals surface area (Å²) in [5.74, 6) is 0.251. The Morgan fingerprint density at radius 2 is 2.30 bits per heavy atom. The monoisotopic (exact) mass is 273 g/mol. The summed E-state index contributed by atoms with van der Waals surface area (Å²) in [4.78, 5) is 17.5. The van der Waals surface area contributed by atoms with Crippen molar-refractivity contribution >= 4 is 11.7 Å². The highest BCUT2D eigenvalue weighted by atomic mass is 16.5. The molecule has 3 rings (SSSR count). The number of para-hydroxylation sites is 1. The average Bonchev–Trinajstić information content (AvgIpc) is 3.04. The topological polar surface area (TPSA) is 79.5 Å². The second-order valence-electron chi connectivity index (χ2n) is 4.77. The summed E-state index contributed by atoms with van der Waals surface area (Å²) in [7, 11) is 0. The molecule has 1 unspecified atom stereocenters. The Morgan fingerprint density at radius 1 is 1.50 bits per heavy atom. The van der Waals surface area contributed by atoms with Gasteiger partial charge in [-0.25, -0.2) is 4.79 Å². The summed E-state index contributed by atoms with van der Waals surface area (Å²) >= 11 is 0. The summed E-state index contributed by atoms with van der Waals surface area (Å²) in [6.07, 6.45) is 1.20. The van der Waals surface area contributed by atoms with Crippen LogP contribution in [0.25, 0.3) is 0 Å². The second-order valence-corrected chi connectivity index (χ2v) is 4.77. The lowest BCUT2D eigenvalue weighted by atomic mass is 10.1. The zero-order valence-electron chi connectivity index (χ0n) is 11.1. The fourth-order valence-corrected chi connectivity index (χ4v) is 2.51. The van der Waals surface area contributed by atoms with Crippen molar-refractivity contribution in [1.82, 2.24) is 10.1 Å². The molecule has 0 amide bonds. The molecule has 1 aliphatic rings. The minimum Gasteiger partial charge on any atom is -0.480 e. The van der Waals surface area contributed by atoms with E-state index in [2.05, 4.69) is 10.1 Å². The molecule has 0 fully saturated rings. The molecule has 1 N–H and O–H groups in total. The Labute approximate surface area is 116 Å². The van der Waals surface area contributed by atoms with E-state index in [-0.39, 0.29) is 0 Å². The summed E-state index contributed by atoms with van der Waals surface area (Å²) in [6, 6.07) is 7.13. The van der Waals surface area contributed by atoms with Gasteiger partial charge in [0.2, 0.25) is 5.89 Å².